The number of benzene rings is 7. The van der Waals surface area contributed by atoms with Crippen molar-refractivity contribution in [2.75, 3.05) is 9.80 Å². The molecule has 1 heterocycles. The van der Waals surface area contributed by atoms with Crippen LogP contribution in [0.3, 0.4) is 0 Å². The molecule has 0 saturated carbocycles. The zero-order chi connectivity index (χ0) is 36.0. The van der Waals surface area contributed by atoms with Gasteiger partial charge in [0.2, 0.25) is 0 Å². The number of aromatic nitrogens is 1. The smallest absolute Gasteiger partial charge is 0.0873 e. The number of para-hydroxylation sites is 2. The minimum atomic E-state index is -0.693. The second kappa shape index (κ2) is 14.9. The Hall–Kier alpha value is -6.71. The molecule has 0 saturated heterocycles. The van der Waals surface area contributed by atoms with Gasteiger partial charge < -0.3 is 9.80 Å². The fourth-order valence-corrected chi connectivity index (χ4v) is 7.52. The molecule has 7 aromatic carbocycles. The van der Waals surface area contributed by atoms with E-state index in [0.717, 1.165) is 56.5 Å². The van der Waals surface area contributed by atoms with Crippen LogP contribution in [0.25, 0.3) is 0 Å². The summed E-state index contributed by atoms with van der Waals surface area (Å²) in [5.41, 5.74) is 12.7. The van der Waals surface area contributed by atoms with Crippen molar-refractivity contribution >= 4 is 34.1 Å². The number of hydrogen-bond acceptors (Lipinski definition) is 3. The second-order valence-corrected chi connectivity index (χ2v) is 13.4. The van der Waals surface area contributed by atoms with Gasteiger partial charge >= 0.3 is 0 Å². The van der Waals surface area contributed by atoms with Crippen molar-refractivity contribution < 1.29 is 0 Å². The lowest BCUT2D eigenvalue weighted by Crippen LogP contribution is -2.32. The summed E-state index contributed by atoms with van der Waals surface area (Å²) in [6.07, 6.45) is 1.90. The van der Waals surface area contributed by atoms with Crippen LogP contribution in [0.1, 0.15) is 33.5 Å². The molecule has 53 heavy (non-hydrogen) atoms. The Bertz CT molecular complexity index is 2220. The van der Waals surface area contributed by atoms with Gasteiger partial charge in [-0.3, -0.25) is 4.98 Å². The summed E-state index contributed by atoms with van der Waals surface area (Å²) < 4.78 is 0. The van der Waals surface area contributed by atoms with Crippen LogP contribution >= 0.6 is 0 Å². The van der Waals surface area contributed by atoms with Gasteiger partial charge in [-0.05, 0) is 127 Å². The Balaban J connectivity index is 1.30. The van der Waals surface area contributed by atoms with Crippen LogP contribution in [-0.2, 0) is 5.41 Å². The van der Waals surface area contributed by atoms with E-state index in [1.807, 2.05) is 12.3 Å². The molecule has 0 aliphatic carbocycles. The Morgan fingerprint density at radius 2 is 0.717 bits per heavy atom. The summed E-state index contributed by atoms with van der Waals surface area (Å²) in [6.45, 7) is 4.28. The highest BCUT2D eigenvalue weighted by Crippen LogP contribution is 2.46. The third-order valence-electron chi connectivity index (χ3n) is 9.92. The van der Waals surface area contributed by atoms with Crippen LogP contribution < -0.4 is 9.80 Å². The maximum Gasteiger partial charge on any atom is 0.0873 e. The molecule has 0 bridgehead atoms. The molecule has 1 aromatic heterocycles. The van der Waals surface area contributed by atoms with E-state index in [-0.39, 0.29) is 0 Å². The van der Waals surface area contributed by atoms with Gasteiger partial charge in [-0.15, -0.1) is 0 Å². The first-order chi connectivity index (χ1) is 26.1. The molecule has 3 nitrogen and oxygen atoms in total. The van der Waals surface area contributed by atoms with Gasteiger partial charge in [0.15, 0.2) is 0 Å². The molecule has 3 heteroatoms. The van der Waals surface area contributed by atoms with Crippen molar-refractivity contribution in [2.45, 2.75) is 19.3 Å². The standard InChI is InChI=1S/C50H41N3/c1-38-16-14-24-47(36-38)52(43-20-8-4-9-21-43)45-31-27-41(28-32-45)50(40-18-6-3-7-19-40,49-26-12-13-35-51-49)42-29-33-46(34-30-42)53(44-22-10-5-11-23-44)48-25-15-17-39(2)37-48/h3-37H,1-2H3. The normalized spacial score (nSPS) is 11.2. The molecule has 8 aromatic rings. The molecule has 0 spiro atoms. The van der Waals surface area contributed by atoms with Gasteiger partial charge in [-0.1, -0.05) is 121 Å². The fraction of sp³-hybridized carbons (Fsp3) is 0.0600. The van der Waals surface area contributed by atoms with Crippen molar-refractivity contribution in [3.8, 4) is 0 Å². The van der Waals surface area contributed by atoms with Crippen molar-refractivity contribution in [2.24, 2.45) is 0 Å². The van der Waals surface area contributed by atoms with Crippen LogP contribution in [0.2, 0.25) is 0 Å². The minimum Gasteiger partial charge on any atom is -0.310 e. The molecule has 0 atom stereocenters. The summed E-state index contributed by atoms with van der Waals surface area (Å²) in [6, 6.07) is 73.6. The van der Waals surface area contributed by atoms with Gasteiger partial charge in [0, 0.05) is 40.3 Å². The van der Waals surface area contributed by atoms with E-state index in [9.17, 15) is 0 Å². The second-order valence-electron chi connectivity index (χ2n) is 13.4. The highest BCUT2D eigenvalue weighted by Gasteiger charge is 2.40. The van der Waals surface area contributed by atoms with E-state index in [0.29, 0.717) is 0 Å². The van der Waals surface area contributed by atoms with Crippen LogP contribution in [0.15, 0.2) is 212 Å². The van der Waals surface area contributed by atoms with Crippen molar-refractivity contribution in [1.82, 2.24) is 4.98 Å². The molecule has 0 radical (unpaired) electrons. The average molecular weight is 684 g/mol. The highest BCUT2D eigenvalue weighted by molar-refractivity contribution is 5.79. The lowest BCUT2D eigenvalue weighted by molar-refractivity contribution is 0.714. The zero-order valence-corrected chi connectivity index (χ0v) is 30.0. The third-order valence-corrected chi connectivity index (χ3v) is 9.92. The van der Waals surface area contributed by atoms with Crippen molar-refractivity contribution in [3.05, 3.63) is 246 Å². The molecule has 8 rings (SSSR count). The van der Waals surface area contributed by atoms with Crippen LogP contribution in [0, 0.1) is 13.8 Å². The van der Waals surface area contributed by atoms with Crippen molar-refractivity contribution in [3.63, 3.8) is 0 Å². The molecule has 0 amide bonds. The largest absolute Gasteiger partial charge is 0.310 e. The molecular formula is C50H41N3. The minimum absolute atomic E-state index is 0.693. The maximum absolute atomic E-state index is 5.08. The maximum atomic E-state index is 5.08. The molecule has 0 N–H and O–H groups in total. The number of pyridine rings is 1. The Morgan fingerprint density at radius 3 is 1.13 bits per heavy atom. The fourth-order valence-electron chi connectivity index (χ4n) is 7.52. The number of anilines is 6. The highest BCUT2D eigenvalue weighted by atomic mass is 15.1. The van der Waals surface area contributed by atoms with E-state index in [4.69, 9.17) is 4.98 Å². The third kappa shape index (κ3) is 6.61. The van der Waals surface area contributed by atoms with Gasteiger partial charge in [0.1, 0.15) is 0 Å². The van der Waals surface area contributed by atoms with E-state index >= 15 is 0 Å². The summed E-state index contributed by atoms with van der Waals surface area (Å²) in [5, 5.41) is 0. The number of aryl methyl sites for hydroxylation is 2. The predicted octanol–water partition coefficient (Wildman–Crippen LogP) is 13.0. The number of hydrogen-bond donors (Lipinski definition) is 0. The van der Waals surface area contributed by atoms with E-state index in [2.05, 4.69) is 224 Å². The molecule has 0 fully saturated rings. The molecule has 256 valence electrons. The quantitative estimate of drug-likeness (QED) is 0.134. The Kier molecular flexibility index (Phi) is 9.38. The molecule has 0 aliphatic rings. The first-order valence-electron chi connectivity index (χ1n) is 18.1. The van der Waals surface area contributed by atoms with E-state index < -0.39 is 5.41 Å². The van der Waals surface area contributed by atoms with Gasteiger partial charge in [-0.2, -0.15) is 0 Å². The molecule has 0 unspecified atom stereocenters. The van der Waals surface area contributed by atoms with Gasteiger partial charge in [0.25, 0.3) is 0 Å². The first kappa shape index (κ1) is 33.4. The summed E-state index contributed by atoms with van der Waals surface area (Å²) >= 11 is 0. The van der Waals surface area contributed by atoms with Gasteiger partial charge in [-0.25, -0.2) is 0 Å². The number of rotatable bonds is 10. The first-order valence-corrected chi connectivity index (χ1v) is 18.1. The lowest BCUT2D eigenvalue weighted by Gasteiger charge is -2.36. The predicted molar refractivity (Wildman–Crippen MR) is 221 cm³/mol. The Labute approximate surface area is 313 Å². The SMILES string of the molecule is Cc1cccc(N(c2ccccc2)c2ccc(C(c3ccccc3)(c3ccc(N(c4ccccc4)c4cccc(C)c4)cc3)c3ccccn3)cc2)c1. The van der Waals surface area contributed by atoms with Crippen molar-refractivity contribution in [1.29, 1.82) is 0 Å². The van der Waals surface area contributed by atoms with E-state index in [1.165, 1.54) is 11.1 Å². The topological polar surface area (TPSA) is 19.4 Å². The lowest BCUT2D eigenvalue weighted by atomic mass is 9.67. The molecular weight excluding hydrogens is 643 g/mol. The van der Waals surface area contributed by atoms with Crippen LogP contribution in [0.4, 0.5) is 34.1 Å². The van der Waals surface area contributed by atoms with E-state index in [1.54, 1.807) is 0 Å². The van der Waals surface area contributed by atoms with Gasteiger partial charge in [0.05, 0.1) is 11.1 Å². The summed E-state index contributed by atoms with van der Waals surface area (Å²) in [5.74, 6) is 0. The Morgan fingerprint density at radius 1 is 0.340 bits per heavy atom. The average Bonchev–Trinajstić information content (AvgIpc) is 3.21. The number of nitrogens with zero attached hydrogens (tertiary/aromatic N) is 3. The summed E-state index contributed by atoms with van der Waals surface area (Å²) in [7, 11) is 0. The molecule has 0 aliphatic heterocycles. The van der Waals surface area contributed by atoms with Crippen LogP contribution in [0.5, 0.6) is 0 Å². The monoisotopic (exact) mass is 683 g/mol. The van der Waals surface area contributed by atoms with Crippen LogP contribution in [-0.4, -0.2) is 4.98 Å². The zero-order valence-electron chi connectivity index (χ0n) is 30.0. The summed E-state index contributed by atoms with van der Waals surface area (Å²) in [4.78, 5) is 9.72.